The molecule has 5 nitrogen and oxygen atoms in total. The molecule has 1 aliphatic carbocycles. The number of nitrogens with one attached hydrogen (secondary N) is 1. The number of halogens is 2. The number of rotatable bonds is 6. The summed E-state index contributed by atoms with van der Waals surface area (Å²) in [6.07, 6.45) is 3.37. The number of aryl methyl sites for hydroxylation is 2. The largest absolute Gasteiger partial charge is 0.435 e. The summed E-state index contributed by atoms with van der Waals surface area (Å²) < 4.78 is 28.6. The highest BCUT2D eigenvalue weighted by Crippen LogP contribution is 2.26. The van der Waals surface area contributed by atoms with E-state index < -0.39 is 12.7 Å². The van der Waals surface area contributed by atoms with Crippen LogP contribution in [0.25, 0.3) is 0 Å². The van der Waals surface area contributed by atoms with Gasteiger partial charge in [0.2, 0.25) is 0 Å². The van der Waals surface area contributed by atoms with Crippen molar-refractivity contribution in [3.63, 3.8) is 0 Å². The van der Waals surface area contributed by atoms with E-state index in [1.165, 1.54) is 12.1 Å². The first-order valence-corrected chi connectivity index (χ1v) is 8.36. The first-order valence-electron chi connectivity index (χ1n) is 8.36. The lowest BCUT2D eigenvalue weighted by atomic mass is 9.96. The van der Waals surface area contributed by atoms with Crippen LogP contribution in [-0.4, -0.2) is 28.2 Å². The van der Waals surface area contributed by atoms with Gasteiger partial charge in [-0.15, -0.1) is 0 Å². The highest BCUT2D eigenvalue weighted by Gasteiger charge is 2.18. The van der Waals surface area contributed by atoms with Crippen LogP contribution in [0.5, 0.6) is 5.75 Å². The predicted octanol–water partition coefficient (Wildman–Crippen LogP) is 3.41. The fourth-order valence-corrected chi connectivity index (χ4v) is 3.05. The van der Waals surface area contributed by atoms with E-state index in [2.05, 4.69) is 20.0 Å². The average molecular weight is 349 g/mol. The van der Waals surface area contributed by atoms with E-state index in [-0.39, 0.29) is 12.3 Å². The first kappa shape index (κ1) is 17.5. The molecule has 1 atom stereocenters. The first-order chi connectivity index (χ1) is 12.0. The number of ether oxygens (including phenoxy) is 1. The molecule has 0 bridgehead atoms. The van der Waals surface area contributed by atoms with Crippen molar-refractivity contribution in [3.8, 4) is 5.75 Å². The number of anilines is 1. The van der Waals surface area contributed by atoms with Crippen LogP contribution in [0.4, 0.5) is 14.6 Å². The van der Waals surface area contributed by atoms with Crippen molar-refractivity contribution in [1.29, 1.82) is 0 Å². The number of benzene rings is 1. The maximum absolute atomic E-state index is 12.2. The van der Waals surface area contributed by atoms with Gasteiger partial charge in [0.05, 0.1) is 6.10 Å². The Morgan fingerprint density at radius 2 is 1.88 bits per heavy atom. The summed E-state index contributed by atoms with van der Waals surface area (Å²) in [4.78, 5) is 8.97. The van der Waals surface area contributed by atoms with Gasteiger partial charge in [0.25, 0.3) is 0 Å². The lowest BCUT2D eigenvalue weighted by molar-refractivity contribution is -0.0498. The molecule has 134 valence electrons. The van der Waals surface area contributed by atoms with E-state index >= 15 is 0 Å². The van der Waals surface area contributed by atoms with Gasteiger partial charge in [0.1, 0.15) is 17.4 Å². The van der Waals surface area contributed by atoms with Crippen molar-refractivity contribution in [2.45, 2.75) is 45.3 Å². The van der Waals surface area contributed by atoms with Crippen LogP contribution < -0.4 is 10.1 Å². The van der Waals surface area contributed by atoms with Crippen LogP contribution in [0.1, 0.15) is 41.6 Å². The number of fused-ring (bicyclic) bond motifs is 1. The Morgan fingerprint density at radius 3 is 2.60 bits per heavy atom. The second-order valence-corrected chi connectivity index (χ2v) is 6.10. The molecule has 0 saturated carbocycles. The quantitative estimate of drug-likeness (QED) is 0.836. The van der Waals surface area contributed by atoms with Gasteiger partial charge in [0.15, 0.2) is 0 Å². The topological polar surface area (TPSA) is 67.3 Å². The van der Waals surface area contributed by atoms with Crippen molar-refractivity contribution in [1.82, 2.24) is 9.97 Å². The summed E-state index contributed by atoms with van der Waals surface area (Å²) in [7, 11) is 0. The van der Waals surface area contributed by atoms with Gasteiger partial charge in [-0.05, 0) is 50.3 Å². The van der Waals surface area contributed by atoms with Gasteiger partial charge < -0.3 is 15.2 Å². The molecule has 0 aliphatic heterocycles. The molecule has 0 radical (unpaired) electrons. The Bertz CT molecular complexity index is 723. The Hall–Kier alpha value is -2.28. The zero-order valence-electron chi connectivity index (χ0n) is 14.0. The zero-order chi connectivity index (χ0) is 17.8. The minimum atomic E-state index is -2.86. The molecule has 0 saturated heterocycles. The summed E-state index contributed by atoms with van der Waals surface area (Å²) >= 11 is 0. The molecule has 1 aromatic carbocycles. The van der Waals surface area contributed by atoms with E-state index in [9.17, 15) is 13.9 Å². The Kier molecular flexibility index (Phi) is 5.43. The van der Waals surface area contributed by atoms with Gasteiger partial charge in [-0.3, -0.25) is 0 Å². The number of hydrogen-bond donors (Lipinski definition) is 2. The maximum Gasteiger partial charge on any atom is 0.387 e. The lowest BCUT2D eigenvalue weighted by Gasteiger charge is -2.20. The maximum atomic E-state index is 12.2. The zero-order valence-corrected chi connectivity index (χ0v) is 14.0. The second kappa shape index (κ2) is 7.74. The Labute approximate surface area is 145 Å². The van der Waals surface area contributed by atoms with E-state index in [1.807, 2.05) is 6.92 Å². The van der Waals surface area contributed by atoms with Crippen molar-refractivity contribution < 1.29 is 18.6 Å². The van der Waals surface area contributed by atoms with E-state index in [4.69, 9.17) is 0 Å². The summed E-state index contributed by atoms with van der Waals surface area (Å²) in [6, 6.07) is 5.98. The fraction of sp³-hybridized carbons (Fsp3) is 0.444. The Balaban J connectivity index is 1.66. The number of alkyl halides is 2. The third-order valence-electron chi connectivity index (χ3n) is 4.25. The second-order valence-electron chi connectivity index (χ2n) is 6.10. The van der Waals surface area contributed by atoms with Crippen molar-refractivity contribution in [3.05, 3.63) is 46.9 Å². The third-order valence-corrected chi connectivity index (χ3v) is 4.25. The van der Waals surface area contributed by atoms with Gasteiger partial charge >= 0.3 is 6.61 Å². The van der Waals surface area contributed by atoms with E-state index in [0.29, 0.717) is 11.4 Å². The van der Waals surface area contributed by atoms with Crippen molar-refractivity contribution in [2.75, 3.05) is 11.9 Å². The molecule has 0 spiro atoms. The van der Waals surface area contributed by atoms with Gasteiger partial charge in [-0.25, -0.2) is 9.97 Å². The predicted molar refractivity (Wildman–Crippen MR) is 89.9 cm³/mol. The molecule has 25 heavy (non-hydrogen) atoms. The summed E-state index contributed by atoms with van der Waals surface area (Å²) in [5, 5.41) is 13.5. The molecule has 7 heteroatoms. The molecule has 1 aliphatic rings. The normalized spacial score (nSPS) is 14.9. The summed E-state index contributed by atoms with van der Waals surface area (Å²) in [6.45, 7) is -0.722. The molecule has 1 aromatic heterocycles. The number of aromatic nitrogens is 2. The van der Waals surface area contributed by atoms with Crippen LogP contribution in [0.15, 0.2) is 24.3 Å². The number of aliphatic hydroxyl groups is 1. The minimum Gasteiger partial charge on any atom is -0.435 e. The number of aliphatic hydroxyl groups excluding tert-OH is 1. The smallest absolute Gasteiger partial charge is 0.387 e. The molecule has 3 rings (SSSR count). The highest BCUT2D eigenvalue weighted by atomic mass is 19.3. The highest BCUT2D eigenvalue weighted by molar-refractivity contribution is 5.48. The standard InChI is InChI=1S/C18H21F2N3O2/c1-11-22-15-5-3-2-4-14(15)17(23-11)21-10-16(24)12-6-8-13(9-7-12)25-18(19)20/h6-9,16,18,24H,2-5,10H2,1H3,(H,21,22,23). The minimum absolute atomic E-state index is 0.0689. The van der Waals surface area contributed by atoms with E-state index in [1.54, 1.807) is 12.1 Å². The molecule has 1 heterocycles. The van der Waals surface area contributed by atoms with Crippen LogP contribution in [0.2, 0.25) is 0 Å². The SMILES string of the molecule is Cc1nc2c(c(NCC(O)c3ccc(OC(F)F)cc3)n1)CCCC2. The monoisotopic (exact) mass is 349 g/mol. The van der Waals surface area contributed by atoms with Crippen LogP contribution in [0.3, 0.4) is 0 Å². The molecule has 1 unspecified atom stereocenters. The van der Waals surface area contributed by atoms with Gasteiger partial charge in [-0.1, -0.05) is 12.1 Å². The van der Waals surface area contributed by atoms with Crippen molar-refractivity contribution in [2.24, 2.45) is 0 Å². The third kappa shape index (κ3) is 4.42. The lowest BCUT2D eigenvalue weighted by Crippen LogP contribution is -2.18. The number of nitrogens with zero attached hydrogens (tertiary/aromatic N) is 2. The molecule has 2 N–H and O–H groups in total. The molecule has 2 aromatic rings. The van der Waals surface area contributed by atoms with Gasteiger partial charge in [-0.2, -0.15) is 8.78 Å². The summed E-state index contributed by atoms with van der Waals surface area (Å²) in [5.41, 5.74) is 2.84. The van der Waals surface area contributed by atoms with Crippen LogP contribution in [0, 0.1) is 6.92 Å². The molecule has 0 amide bonds. The fourth-order valence-electron chi connectivity index (χ4n) is 3.05. The van der Waals surface area contributed by atoms with Crippen LogP contribution >= 0.6 is 0 Å². The van der Waals surface area contributed by atoms with E-state index in [0.717, 1.165) is 42.8 Å². The van der Waals surface area contributed by atoms with Gasteiger partial charge in [0, 0.05) is 17.8 Å². The number of hydrogen-bond acceptors (Lipinski definition) is 5. The molecular formula is C18H21F2N3O2. The average Bonchev–Trinajstić information content (AvgIpc) is 2.59. The molecular weight excluding hydrogens is 328 g/mol. The summed E-state index contributed by atoms with van der Waals surface area (Å²) in [5.74, 6) is 1.56. The molecule has 0 fully saturated rings. The van der Waals surface area contributed by atoms with Crippen molar-refractivity contribution >= 4 is 5.82 Å². The van der Waals surface area contributed by atoms with Crippen LogP contribution in [-0.2, 0) is 12.8 Å². The Morgan fingerprint density at radius 1 is 1.16 bits per heavy atom.